The summed E-state index contributed by atoms with van der Waals surface area (Å²) in [6.07, 6.45) is 0. The van der Waals surface area contributed by atoms with Crippen LogP contribution in [0.25, 0.3) is 0 Å². The van der Waals surface area contributed by atoms with Gasteiger partial charge in [0.05, 0.1) is 0 Å². The number of phosphoric acid groups is 1. The molecule has 0 bridgehead atoms. The molecule has 0 aliphatic carbocycles. The Kier molecular flexibility index (Phi) is 12.9. The number of rotatable bonds is 1. The van der Waals surface area contributed by atoms with Crippen LogP contribution in [0.15, 0.2) is 0 Å². The van der Waals surface area contributed by atoms with E-state index in [0.29, 0.717) is 0 Å². The molecule has 45 valence electrons. The second kappa shape index (κ2) is 6.41. The predicted octanol–water partition coefficient (Wildman–Crippen LogP) is -3.16. The minimum atomic E-state index is -4.15. The Labute approximate surface area is 72.8 Å². The van der Waals surface area contributed by atoms with E-state index >= 15 is 0 Å². The predicted molar refractivity (Wildman–Crippen MR) is 20.2 cm³/mol. The fraction of sp³-hybridized carbons (Fsp3) is 1.00. The van der Waals surface area contributed by atoms with Crippen molar-refractivity contribution in [2.75, 3.05) is 7.11 Å². The zero-order chi connectivity index (χ0) is 5.21. The summed E-state index contributed by atoms with van der Waals surface area (Å²) in [6.45, 7) is 0. The van der Waals surface area contributed by atoms with Crippen LogP contribution in [0, 0.1) is 0 Å². The average Bonchev–Trinajstić information content (AvgIpc) is 1.35. The van der Waals surface area contributed by atoms with Crippen molar-refractivity contribution in [2.45, 2.75) is 0 Å². The third-order valence-electron chi connectivity index (χ3n) is 0.238. The van der Waals surface area contributed by atoms with Crippen molar-refractivity contribution in [2.24, 2.45) is 0 Å². The molecular formula is CH6LiO4PV. The van der Waals surface area contributed by atoms with Crippen LogP contribution < -0.4 is 18.9 Å². The summed E-state index contributed by atoms with van der Waals surface area (Å²) in [5.41, 5.74) is 0. The van der Waals surface area contributed by atoms with E-state index in [1.54, 1.807) is 0 Å². The molecule has 0 aromatic heterocycles. The Balaban J connectivity index is -0.0000000417. The van der Waals surface area contributed by atoms with Crippen molar-refractivity contribution < 1.29 is 57.7 Å². The van der Waals surface area contributed by atoms with E-state index in [-0.39, 0.29) is 38.8 Å². The van der Waals surface area contributed by atoms with Crippen molar-refractivity contribution in [1.29, 1.82) is 0 Å². The molecule has 0 unspecified atom stereocenters. The van der Waals surface area contributed by atoms with Gasteiger partial charge in [-0.2, -0.15) is 0 Å². The minimum absolute atomic E-state index is 0. The molecule has 0 aliphatic rings. The van der Waals surface area contributed by atoms with E-state index in [2.05, 4.69) is 4.52 Å². The minimum Gasteiger partial charge on any atom is -1.00 e. The first-order valence-corrected chi connectivity index (χ1v) is 2.70. The Morgan fingerprint density at radius 2 is 1.75 bits per heavy atom. The Morgan fingerprint density at radius 1 is 1.62 bits per heavy atom. The van der Waals surface area contributed by atoms with Gasteiger partial charge in [0.25, 0.3) is 0 Å². The van der Waals surface area contributed by atoms with Crippen LogP contribution in [0.4, 0.5) is 0 Å². The smallest absolute Gasteiger partial charge is 1.00 e. The third kappa shape index (κ3) is 15.7. The van der Waals surface area contributed by atoms with Gasteiger partial charge in [-0.05, 0) is 0 Å². The van der Waals surface area contributed by atoms with E-state index in [9.17, 15) is 4.57 Å². The van der Waals surface area contributed by atoms with Crippen molar-refractivity contribution in [1.82, 2.24) is 0 Å². The van der Waals surface area contributed by atoms with E-state index in [1.165, 1.54) is 0 Å². The van der Waals surface area contributed by atoms with Gasteiger partial charge in [-0.3, -0.25) is 4.52 Å². The third-order valence-corrected chi connectivity index (χ3v) is 0.714. The van der Waals surface area contributed by atoms with Gasteiger partial charge in [0.1, 0.15) is 0 Å². The Hall–Kier alpha value is 1.29. The van der Waals surface area contributed by atoms with Crippen molar-refractivity contribution >= 4 is 7.82 Å². The topological polar surface area (TPSA) is 66.8 Å². The molecule has 0 rings (SSSR count). The van der Waals surface area contributed by atoms with Crippen LogP contribution in [-0.2, 0) is 27.6 Å². The molecule has 0 aromatic carbocycles. The van der Waals surface area contributed by atoms with Gasteiger partial charge >= 0.3 is 26.7 Å². The van der Waals surface area contributed by atoms with Gasteiger partial charge in [-0.25, -0.2) is 4.57 Å². The van der Waals surface area contributed by atoms with E-state index in [4.69, 9.17) is 9.79 Å². The van der Waals surface area contributed by atoms with E-state index in [1.807, 2.05) is 0 Å². The largest absolute Gasteiger partial charge is 1.00 e. The Bertz CT molecular complexity index is 84.6. The maximum Gasteiger partial charge on any atom is 1.00 e. The molecule has 0 saturated heterocycles. The molecule has 0 aliphatic heterocycles. The molecule has 0 heterocycles. The molecular weight excluding hydrogens is 165 g/mol. The zero-order valence-electron chi connectivity index (χ0n) is 5.61. The first-order valence-electron chi connectivity index (χ1n) is 1.17. The number of phosphoric ester groups is 1. The number of hydrogen-bond donors (Lipinski definition) is 2. The summed E-state index contributed by atoms with van der Waals surface area (Å²) in [4.78, 5) is 15.4. The van der Waals surface area contributed by atoms with Crippen molar-refractivity contribution in [3.8, 4) is 0 Å². The maximum atomic E-state index is 9.47. The second-order valence-corrected chi connectivity index (χ2v) is 2.02. The van der Waals surface area contributed by atoms with Crippen LogP contribution >= 0.6 is 7.82 Å². The van der Waals surface area contributed by atoms with Crippen molar-refractivity contribution in [3.63, 3.8) is 0 Å². The van der Waals surface area contributed by atoms with Gasteiger partial charge < -0.3 is 11.2 Å². The van der Waals surface area contributed by atoms with Gasteiger partial charge in [0.2, 0.25) is 0 Å². The molecule has 0 atom stereocenters. The molecule has 2 N–H and O–H groups in total. The fourth-order valence-electron chi connectivity index (χ4n) is 0. The molecule has 0 spiro atoms. The molecule has 7 heteroatoms. The summed E-state index contributed by atoms with van der Waals surface area (Å²) >= 11 is 0. The molecule has 1 radical (unpaired) electrons. The number of hydrogen-bond acceptors (Lipinski definition) is 2. The van der Waals surface area contributed by atoms with Crippen LogP contribution in [0.2, 0.25) is 0 Å². The average molecular weight is 171 g/mol. The molecule has 0 aromatic rings. The molecule has 0 amide bonds. The first kappa shape index (κ1) is 16.1. The van der Waals surface area contributed by atoms with Crippen molar-refractivity contribution in [3.05, 3.63) is 0 Å². The molecule has 8 heavy (non-hydrogen) atoms. The van der Waals surface area contributed by atoms with E-state index in [0.717, 1.165) is 7.11 Å². The summed E-state index contributed by atoms with van der Waals surface area (Å²) in [5, 5.41) is 0. The second-order valence-electron chi connectivity index (χ2n) is 0.673. The maximum absolute atomic E-state index is 9.47. The van der Waals surface area contributed by atoms with Gasteiger partial charge in [-0.15, -0.1) is 0 Å². The summed E-state index contributed by atoms with van der Waals surface area (Å²) in [7, 11) is -3.20. The Morgan fingerprint density at radius 3 is 1.75 bits per heavy atom. The van der Waals surface area contributed by atoms with Crippen LogP contribution in [-0.4, -0.2) is 16.9 Å². The monoisotopic (exact) mass is 171 g/mol. The fourth-order valence-corrected chi connectivity index (χ4v) is 0. The quantitative estimate of drug-likeness (QED) is 0.322. The van der Waals surface area contributed by atoms with Gasteiger partial charge in [-0.1, -0.05) is 0 Å². The summed E-state index contributed by atoms with van der Waals surface area (Å²) in [6, 6.07) is 0. The first-order chi connectivity index (χ1) is 2.56. The van der Waals surface area contributed by atoms with Crippen LogP contribution in [0.3, 0.4) is 0 Å². The molecule has 4 nitrogen and oxygen atoms in total. The molecule has 0 saturated carbocycles. The van der Waals surface area contributed by atoms with E-state index < -0.39 is 7.82 Å². The standard InChI is InChI=1S/CH5O4P.Li.V.H/c1-5-6(2,3)4;;;/h1H3,(H2,2,3,4);;;/q;+1;;-1. The van der Waals surface area contributed by atoms with Gasteiger partial charge in [0.15, 0.2) is 0 Å². The molecule has 0 fully saturated rings. The summed E-state index contributed by atoms with van der Waals surface area (Å²) < 4.78 is 13.1. The van der Waals surface area contributed by atoms with Crippen LogP contribution in [0.1, 0.15) is 1.43 Å². The zero-order valence-corrected chi connectivity index (χ0v) is 6.90. The van der Waals surface area contributed by atoms with Crippen LogP contribution in [0.5, 0.6) is 0 Å². The SMILES string of the molecule is COP(=O)(O)O.[H-].[Li+].[V]. The normalized spacial score (nSPS) is 8.88. The summed E-state index contributed by atoms with van der Waals surface area (Å²) in [5.74, 6) is 0. The van der Waals surface area contributed by atoms with Gasteiger partial charge in [0, 0.05) is 25.7 Å².